The molecule has 1 aromatic heterocycles. The maximum Gasteiger partial charge on any atom is 0.242 e. The summed E-state index contributed by atoms with van der Waals surface area (Å²) < 4.78 is 0. The van der Waals surface area contributed by atoms with E-state index in [2.05, 4.69) is 12.6 Å². The van der Waals surface area contributed by atoms with Gasteiger partial charge in [0.25, 0.3) is 0 Å². The zero-order valence-corrected chi connectivity index (χ0v) is 17.1. The number of carbonyl (C=O) groups is 2. The zero-order chi connectivity index (χ0) is 19.6. The van der Waals surface area contributed by atoms with Crippen LogP contribution in [-0.2, 0) is 22.7 Å². The van der Waals surface area contributed by atoms with E-state index >= 15 is 0 Å². The van der Waals surface area contributed by atoms with Crippen molar-refractivity contribution in [3.63, 3.8) is 0 Å². The molecule has 0 saturated carbocycles. The molecule has 144 valence electrons. The minimum Gasteiger partial charge on any atom is -0.332 e. The number of amides is 2. The number of benzene rings is 1. The Bertz CT molecular complexity index is 761. The molecule has 0 spiro atoms. The van der Waals surface area contributed by atoms with Crippen molar-refractivity contribution in [1.29, 1.82) is 0 Å². The second-order valence-corrected chi connectivity index (χ2v) is 8.00. The summed E-state index contributed by atoms with van der Waals surface area (Å²) in [5.41, 5.74) is 1.06. The Morgan fingerprint density at radius 1 is 1.07 bits per heavy atom. The van der Waals surface area contributed by atoms with Crippen molar-refractivity contribution >= 4 is 34.8 Å². The van der Waals surface area contributed by atoms with Gasteiger partial charge in [-0.05, 0) is 24.6 Å². The van der Waals surface area contributed by atoms with Crippen LogP contribution in [-0.4, -0.2) is 40.6 Å². The maximum absolute atomic E-state index is 13.0. The van der Waals surface area contributed by atoms with Gasteiger partial charge in [-0.2, -0.15) is 0 Å². The van der Waals surface area contributed by atoms with E-state index in [-0.39, 0.29) is 30.7 Å². The Hall–Kier alpha value is -2.11. The summed E-state index contributed by atoms with van der Waals surface area (Å²) in [6, 6.07) is 14.0. The van der Waals surface area contributed by atoms with E-state index in [0.29, 0.717) is 19.6 Å². The smallest absolute Gasteiger partial charge is 0.242 e. The van der Waals surface area contributed by atoms with Gasteiger partial charge in [0.1, 0.15) is 6.54 Å². The van der Waals surface area contributed by atoms with Gasteiger partial charge >= 0.3 is 0 Å². The van der Waals surface area contributed by atoms with Crippen LogP contribution in [0.3, 0.4) is 0 Å². The molecule has 0 fully saturated rings. The van der Waals surface area contributed by atoms with Gasteiger partial charge in [-0.1, -0.05) is 36.4 Å². The maximum atomic E-state index is 13.0. The second kappa shape index (κ2) is 10.9. The fourth-order valence-electron chi connectivity index (χ4n) is 2.71. The lowest BCUT2D eigenvalue weighted by Gasteiger charge is -2.27. The molecule has 0 radical (unpaired) electrons. The van der Waals surface area contributed by atoms with Crippen molar-refractivity contribution in [3.05, 3.63) is 70.4 Å². The third kappa shape index (κ3) is 6.85. The van der Waals surface area contributed by atoms with E-state index in [1.807, 2.05) is 43.3 Å². The predicted octanol–water partition coefficient (Wildman–Crippen LogP) is 4.23. The zero-order valence-electron chi connectivity index (χ0n) is 15.6. The van der Waals surface area contributed by atoms with E-state index in [9.17, 15) is 9.59 Å². The highest BCUT2D eigenvalue weighted by Crippen LogP contribution is 2.19. The van der Waals surface area contributed by atoms with Crippen LogP contribution in [0, 0.1) is 6.92 Å². The lowest BCUT2D eigenvalue weighted by molar-refractivity contribution is -0.140. The first-order valence-corrected chi connectivity index (χ1v) is 10.2. The molecule has 0 N–H and O–H groups in total. The van der Waals surface area contributed by atoms with Crippen LogP contribution in [0.5, 0.6) is 0 Å². The van der Waals surface area contributed by atoms with Crippen LogP contribution >= 0.6 is 22.9 Å². The van der Waals surface area contributed by atoms with Crippen molar-refractivity contribution < 1.29 is 9.59 Å². The minimum atomic E-state index is -0.134. The molecule has 1 heterocycles. The van der Waals surface area contributed by atoms with Crippen molar-refractivity contribution in [2.24, 2.45) is 0 Å². The summed E-state index contributed by atoms with van der Waals surface area (Å²) in [5.74, 6) is 0.0163. The topological polar surface area (TPSA) is 40.6 Å². The third-order valence-corrected chi connectivity index (χ3v) is 5.22. The third-order valence-electron chi connectivity index (χ3n) is 4.05. The Morgan fingerprint density at radius 2 is 1.81 bits per heavy atom. The first kappa shape index (κ1) is 21.2. The van der Waals surface area contributed by atoms with Gasteiger partial charge in [-0.25, -0.2) is 0 Å². The van der Waals surface area contributed by atoms with Gasteiger partial charge in [0.2, 0.25) is 11.8 Å². The lowest BCUT2D eigenvalue weighted by atomic mass is 10.2. The summed E-state index contributed by atoms with van der Waals surface area (Å²) in [4.78, 5) is 30.9. The molecule has 27 heavy (non-hydrogen) atoms. The van der Waals surface area contributed by atoms with Gasteiger partial charge in [-0.3, -0.25) is 9.59 Å². The fourth-order valence-corrected chi connectivity index (χ4v) is 3.77. The SMILES string of the molecule is C=CCN(CC(=O)N(Cc1ccccc1)Cc1ccc(C)s1)C(=O)CCCl. The number of thiophene rings is 1. The Labute approximate surface area is 170 Å². The summed E-state index contributed by atoms with van der Waals surface area (Å²) in [7, 11) is 0. The molecule has 0 unspecified atom stereocenters. The standard InChI is InChI=1S/C21H25ClN2O2S/c1-3-13-23(20(25)11-12-22)16-21(26)24(14-18-7-5-4-6-8-18)15-19-10-9-17(2)27-19/h3-10H,1,11-16H2,2H3. The number of carbonyl (C=O) groups excluding carboxylic acids is 2. The van der Waals surface area contributed by atoms with Crippen LogP contribution < -0.4 is 0 Å². The quantitative estimate of drug-likeness (QED) is 0.439. The largest absolute Gasteiger partial charge is 0.332 e. The van der Waals surface area contributed by atoms with Crippen molar-refractivity contribution in [2.45, 2.75) is 26.4 Å². The average molecular weight is 405 g/mol. The normalized spacial score (nSPS) is 10.4. The highest BCUT2D eigenvalue weighted by atomic mass is 35.5. The molecule has 0 bridgehead atoms. The molecule has 1 aromatic carbocycles. The number of halogens is 1. The fraction of sp³-hybridized carbons (Fsp3) is 0.333. The molecule has 2 rings (SSSR count). The number of alkyl halides is 1. The van der Waals surface area contributed by atoms with Gasteiger partial charge in [0.15, 0.2) is 0 Å². The molecule has 0 aliphatic rings. The monoisotopic (exact) mass is 404 g/mol. The Balaban J connectivity index is 2.15. The van der Waals surface area contributed by atoms with Crippen molar-refractivity contribution in [2.75, 3.05) is 19.0 Å². The van der Waals surface area contributed by atoms with E-state index in [4.69, 9.17) is 11.6 Å². The van der Waals surface area contributed by atoms with Gasteiger partial charge in [0.05, 0.1) is 6.54 Å². The van der Waals surface area contributed by atoms with Gasteiger partial charge in [-0.15, -0.1) is 29.5 Å². The molecule has 0 saturated heterocycles. The highest BCUT2D eigenvalue weighted by molar-refractivity contribution is 7.11. The van der Waals surface area contributed by atoms with Crippen LogP contribution in [0.25, 0.3) is 0 Å². The molecule has 4 nitrogen and oxygen atoms in total. The summed E-state index contributed by atoms with van der Waals surface area (Å²) >= 11 is 7.37. The molecular weight excluding hydrogens is 380 g/mol. The van der Waals surface area contributed by atoms with Gasteiger partial charge < -0.3 is 9.80 Å². The lowest BCUT2D eigenvalue weighted by Crippen LogP contribution is -2.42. The molecule has 2 aromatic rings. The molecule has 0 aliphatic carbocycles. The summed E-state index contributed by atoms with van der Waals surface area (Å²) in [5, 5.41) is 0. The predicted molar refractivity (Wildman–Crippen MR) is 112 cm³/mol. The summed E-state index contributed by atoms with van der Waals surface area (Å²) in [6.45, 7) is 7.12. The first-order valence-electron chi connectivity index (χ1n) is 8.85. The number of aryl methyl sites for hydroxylation is 1. The highest BCUT2D eigenvalue weighted by Gasteiger charge is 2.21. The number of nitrogens with zero attached hydrogens (tertiary/aromatic N) is 2. The van der Waals surface area contributed by atoms with E-state index in [1.165, 1.54) is 9.78 Å². The van der Waals surface area contributed by atoms with Crippen LogP contribution in [0.15, 0.2) is 55.1 Å². The molecule has 0 aliphatic heterocycles. The van der Waals surface area contributed by atoms with Crippen molar-refractivity contribution in [1.82, 2.24) is 9.80 Å². The van der Waals surface area contributed by atoms with Crippen LogP contribution in [0.4, 0.5) is 0 Å². The van der Waals surface area contributed by atoms with E-state index in [1.54, 1.807) is 22.3 Å². The molecular formula is C21H25ClN2O2S. The van der Waals surface area contributed by atoms with Crippen molar-refractivity contribution in [3.8, 4) is 0 Å². The average Bonchev–Trinajstić information content (AvgIpc) is 3.06. The van der Waals surface area contributed by atoms with E-state index < -0.39 is 0 Å². The van der Waals surface area contributed by atoms with E-state index in [0.717, 1.165) is 10.4 Å². The number of hydrogen-bond acceptors (Lipinski definition) is 3. The molecule has 6 heteroatoms. The summed E-state index contributed by atoms with van der Waals surface area (Å²) in [6.07, 6.45) is 1.84. The number of hydrogen-bond donors (Lipinski definition) is 0. The Kier molecular flexibility index (Phi) is 8.55. The Morgan fingerprint density at radius 3 is 2.41 bits per heavy atom. The second-order valence-electron chi connectivity index (χ2n) is 6.25. The molecule has 0 atom stereocenters. The van der Waals surface area contributed by atoms with Crippen LogP contribution in [0.2, 0.25) is 0 Å². The minimum absolute atomic E-state index is 0.0267. The van der Waals surface area contributed by atoms with Gasteiger partial charge in [0, 0.05) is 35.1 Å². The van der Waals surface area contributed by atoms with Crippen LogP contribution in [0.1, 0.15) is 21.7 Å². The first-order chi connectivity index (χ1) is 13.0. The number of rotatable bonds is 10. The molecule has 2 amide bonds.